The van der Waals surface area contributed by atoms with Gasteiger partial charge < -0.3 is 4.74 Å². The predicted octanol–water partition coefficient (Wildman–Crippen LogP) is 1.39. The van der Waals surface area contributed by atoms with Crippen molar-refractivity contribution in [3.8, 4) is 0 Å². The first-order chi connectivity index (χ1) is 6.11. The molecular formula is C10H15NO2. The molecule has 0 rings (SSSR count). The molecule has 0 saturated carbocycles. The van der Waals surface area contributed by atoms with Crippen molar-refractivity contribution in [2.45, 2.75) is 13.2 Å². The van der Waals surface area contributed by atoms with E-state index in [-0.39, 0.29) is 0 Å². The van der Waals surface area contributed by atoms with Gasteiger partial charge in [0, 0.05) is 12.1 Å². The van der Waals surface area contributed by atoms with E-state index in [4.69, 9.17) is 4.74 Å². The number of ether oxygens (including phenoxy) is 1. The number of carbonyl (C=O) groups is 1. The number of nitrogens with one attached hydrogen (secondary N) is 1. The summed E-state index contributed by atoms with van der Waals surface area (Å²) in [7, 11) is 0. The second-order valence-corrected chi connectivity index (χ2v) is 2.54. The van der Waals surface area contributed by atoms with E-state index in [1.165, 1.54) is 6.08 Å². The fraction of sp³-hybridized carbons (Fsp3) is 0.300. The molecule has 1 N–H and O–H groups in total. The Labute approximate surface area is 78.8 Å². The summed E-state index contributed by atoms with van der Waals surface area (Å²) >= 11 is 0. The van der Waals surface area contributed by atoms with Crippen LogP contribution in [0.25, 0.3) is 0 Å². The Hall–Kier alpha value is -1.35. The van der Waals surface area contributed by atoms with Crippen molar-refractivity contribution >= 4 is 5.97 Å². The predicted molar refractivity (Wildman–Crippen MR) is 53.1 cm³/mol. The van der Waals surface area contributed by atoms with Gasteiger partial charge in [-0.2, -0.15) is 0 Å². The summed E-state index contributed by atoms with van der Waals surface area (Å²) in [6, 6.07) is 0. The van der Waals surface area contributed by atoms with E-state index >= 15 is 0 Å². The van der Waals surface area contributed by atoms with Crippen LogP contribution in [0, 0.1) is 0 Å². The molecular weight excluding hydrogens is 166 g/mol. The Bertz CT molecular complexity index is 221. The molecule has 0 fully saturated rings. The zero-order valence-electron chi connectivity index (χ0n) is 7.88. The van der Waals surface area contributed by atoms with Gasteiger partial charge in [-0.05, 0) is 13.0 Å². The van der Waals surface area contributed by atoms with Crippen LogP contribution in [0.1, 0.15) is 6.92 Å². The van der Waals surface area contributed by atoms with Crippen molar-refractivity contribution in [1.29, 1.82) is 0 Å². The van der Waals surface area contributed by atoms with Crippen molar-refractivity contribution < 1.29 is 9.53 Å². The zero-order valence-corrected chi connectivity index (χ0v) is 7.88. The van der Waals surface area contributed by atoms with Crippen LogP contribution in [0.3, 0.4) is 0 Å². The third-order valence-corrected chi connectivity index (χ3v) is 1.26. The second-order valence-electron chi connectivity index (χ2n) is 2.54. The number of hydrogen-bond acceptors (Lipinski definition) is 3. The van der Waals surface area contributed by atoms with Crippen LogP contribution in [0.15, 0.2) is 37.5 Å². The molecule has 0 amide bonds. The smallest absolute Gasteiger partial charge is 0.334 e. The van der Waals surface area contributed by atoms with Crippen molar-refractivity contribution in [2.75, 3.05) is 6.54 Å². The highest BCUT2D eigenvalue weighted by atomic mass is 16.6. The van der Waals surface area contributed by atoms with Gasteiger partial charge in [-0.1, -0.05) is 19.2 Å². The van der Waals surface area contributed by atoms with Crippen LogP contribution in [-0.2, 0) is 9.53 Å². The third-order valence-electron chi connectivity index (χ3n) is 1.26. The Balaban J connectivity index is 3.96. The van der Waals surface area contributed by atoms with Crippen LogP contribution in [0.4, 0.5) is 0 Å². The van der Waals surface area contributed by atoms with Crippen LogP contribution in [-0.4, -0.2) is 18.7 Å². The quantitative estimate of drug-likeness (QED) is 0.291. The van der Waals surface area contributed by atoms with Crippen LogP contribution >= 0.6 is 0 Å². The minimum absolute atomic E-state index is 0.368. The van der Waals surface area contributed by atoms with Gasteiger partial charge in [0.15, 0.2) is 6.23 Å². The van der Waals surface area contributed by atoms with Gasteiger partial charge in [0.05, 0.1) is 0 Å². The summed E-state index contributed by atoms with van der Waals surface area (Å²) in [6.07, 6.45) is 2.69. The standard InChI is InChI=1S/C10H15NO2/c1-5-7-11-9(6-2)13-10(12)8(3)4/h5-6,9,11H,1-3,7H2,4H3. The lowest BCUT2D eigenvalue weighted by Crippen LogP contribution is -2.32. The molecule has 0 bridgehead atoms. The van der Waals surface area contributed by atoms with Gasteiger partial charge in [0.25, 0.3) is 0 Å². The Morgan fingerprint density at radius 3 is 2.62 bits per heavy atom. The van der Waals surface area contributed by atoms with Gasteiger partial charge in [-0.3, -0.25) is 5.32 Å². The molecule has 3 heteroatoms. The molecule has 0 saturated heterocycles. The normalized spacial score (nSPS) is 11.5. The van der Waals surface area contributed by atoms with E-state index in [1.807, 2.05) is 0 Å². The summed E-state index contributed by atoms with van der Waals surface area (Å²) in [6.45, 7) is 12.7. The highest BCUT2D eigenvalue weighted by Gasteiger charge is 2.09. The molecule has 0 heterocycles. The summed E-state index contributed by atoms with van der Waals surface area (Å²) in [5.74, 6) is -0.429. The van der Waals surface area contributed by atoms with Crippen molar-refractivity contribution in [2.24, 2.45) is 0 Å². The zero-order chi connectivity index (χ0) is 10.3. The first-order valence-electron chi connectivity index (χ1n) is 3.95. The highest BCUT2D eigenvalue weighted by Crippen LogP contribution is 1.96. The van der Waals surface area contributed by atoms with E-state index in [0.29, 0.717) is 12.1 Å². The van der Waals surface area contributed by atoms with Crippen molar-refractivity contribution in [1.82, 2.24) is 5.32 Å². The number of esters is 1. The lowest BCUT2D eigenvalue weighted by atomic mass is 10.3. The highest BCUT2D eigenvalue weighted by molar-refractivity contribution is 5.87. The SMILES string of the molecule is C=CCNC(C=C)OC(=O)C(=C)C. The fourth-order valence-corrected chi connectivity index (χ4v) is 0.589. The maximum Gasteiger partial charge on any atom is 0.334 e. The maximum atomic E-state index is 11.0. The lowest BCUT2D eigenvalue weighted by molar-refractivity contribution is -0.143. The van der Waals surface area contributed by atoms with E-state index in [2.05, 4.69) is 25.1 Å². The van der Waals surface area contributed by atoms with Gasteiger partial charge >= 0.3 is 5.97 Å². The number of hydrogen-bond donors (Lipinski definition) is 1. The van der Waals surface area contributed by atoms with Gasteiger partial charge in [-0.25, -0.2) is 4.79 Å². The third kappa shape index (κ3) is 4.98. The van der Waals surface area contributed by atoms with Gasteiger partial charge in [0.1, 0.15) is 0 Å². The molecule has 0 aromatic rings. The Morgan fingerprint density at radius 2 is 2.23 bits per heavy atom. The molecule has 0 aromatic carbocycles. The minimum atomic E-state index is -0.484. The van der Waals surface area contributed by atoms with Crippen molar-refractivity contribution in [3.63, 3.8) is 0 Å². The van der Waals surface area contributed by atoms with Crippen LogP contribution in [0.2, 0.25) is 0 Å². The van der Waals surface area contributed by atoms with Gasteiger partial charge in [0.2, 0.25) is 0 Å². The van der Waals surface area contributed by atoms with E-state index in [9.17, 15) is 4.79 Å². The summed E-state index contributed by atoms with van der Waals surface area (Å²) in [5, 5.41) is 2.88. The Morgan fingerprint density at radius 1 is 1.62 bits per heavy atom. The lowest BCUT2D eigenvalue weighted by Gasteiger charge is -2.14. The molecule has 0 spiro atoms. The Kier molecular flexibility index (Phi) is 5.55. The molecule has 0 aliphatic rings. The second kappa shape index (κ2) is 6.20. The molecule has 1 atom stereocenters. The topological polar surface area (TPSA) is 38.3 Å². The van der Waals surface area contributed by atoms with Crippen molar-refractivity contribution in [3.05, 3.63) is 37.5 Å². The van der Waals surface area contributed by atoms with E-state index in [0.717, 1.165) is 0 Å². The van der Waals surface area contributed by atoms with Gasteiger partial charge in [-0.15, -0.1) is 6.58 Å². The molecule has 72 valence electrons. The molecule has 0 radical (unpaired) electrons. The molecule has 0 aliphatic carbocycles. The minimum Gasteiger partial charge on any atom is -0.440 e. The molecule has 1 unspecified atom stereocenters. The first-order valence-corrected chi connectivity index (χ1v) is 3.95. The molecule has 0 aromatic heterocycles. The summed E-state index contributed by atoms with van der Waals surface area (Å²) in [4.78, 5) is 11.0. The largest absolute Gasteiger partial charge is 0.440 e. The molecule has 3 nitrogen and oxygen atoms in total. The molecule has 13 heavy (non-hydrogen) atoms. The first kappa shape index (κ1) is 11.6. The fourth-order valence-electron chi connectivity index (χ4n) is 0.589. The number of carbonyl (C=O) groups excluding carboxylic acids is 1. The van der Waals surface area contributed by atoms with E-state index in [1.54, 1.807) is 13.0 Å². The average molecular weight is 181 g/mol. The average Bonchev–Trinajstić information content (AvgIpc) is 2.11. The summed E-state index contributed by atoms with van der Waals surface area (Å²) < 4.78 is 4.95. The number of rotatable bonds is 6. The van der Waals surface area contributed by atoms with Crippen LogP contribution in [0.5, 0.6) is 0 Å². The van der Waals surface area contributed by atoms with E-state index < -0.39 is 12.2 Å². The van der Waals surface area contributed by atoms with Crippen LogP contribution < -0.4 is 5.32 Å². The molecule has 0 aliphatic heterocycles. The monoisotopic (exact) mass is 181 g/mol. The summed E-state index contributed by atoms with van der Waals surface area (Å²) in [5.41, 5.74) is 0.368. The maximum absolute atomic E-state index is 11.0.